The molecule has 0 aliphatic rings. The summed E-state index contributed by atoms with van der Waals surface area (Å²) in [6.07, 6.45) is -0.269. The maximum absolute atomic E-state index is 10.8. The Morgan fingerprint density at radius 1 is 1.50 bits per heavy atom. The number of hydrogen-bond acceptors (Lipinski definition) is 2. The van der Waals surface area contributed by atoms with Crippen LogP contribution in [0.15, 0.2) is 0 Å². The molecular weight excluding hydrogens is 106 g/mol. The van der Waals surface area contributed by atoms with Gasteiger partial charge >= 0.3 is 0 Å². The number of ether oxygens (including phenoxy) is 1. The van der Waals surface area contributed by atoms with E-state index in [2.05, 4.69) is 0 Å². The van der Waals surface area contributed by atoms with E-state index in [1.165, 1.54) is 7.11 Å². The Kier molecular flexibility index (Phi) is 2.40. The van der Waals surface area contributed by atoms with E-state index in [9.17, 15) is 5.21 Å². The molecule has 3 heteroatoms. The van der Waals surface area contributed by atoms with Gasteiger partial charge in [-0.05, 0) is 0 Å². The van der Waals surface area contributed by atoms with E-state index in [1.807, 2.05) is 0 Å². The second kappa shape index (κ2) is 2.44. The van der Waals surface area contributed by atoms with E-state index in [4.69, 9.17) is 4.74 Å². The van der Waals surface area contributed by atoms with Crippen molar-refractivity contribution in [1.82, 2.24) is 0 Å². The van der Waals surface area contributed by atoms with Crippen LogP contribution in [0, 0.1) is 5.21 Å². The van der Waals surface area contributed by atoms with Crippen LogP contribution < -0.4 is 0 Å². The first-order valence-electron chi connectivity index (χ1n) is 2.56. The van der Waals surface area contributed by atoms with Crippen LogP contribution in [0.2, 0.25) is 0 Å². The molecule has 1 unspecified atom stereocenters. The summed E-state index contributed by atoms with van der Waals surface area (Å²) in [4.78, 5) is 0. The van der Waals surface area contributed by atoms with E-state index in [1.54, 1.807) is 21.0 Å². The quantitative estimate of drug-likeness (QED) is 0.302. The van der Waals surface area contributed by atoms with Crippen LogP contribution >= 0.6 is 0 Å². The highest BCUT2D eigenvalue weighted by atomic mass is 16.6. The minimum atomic E-state index is -0.392. The van der Waals surface area contributed by atoms with E-state index in [0.29, 0.717) is 0 Å². The molecule has 0 aliphatic carbocycles. The van der Waals surface area contributed by atoms with Gasteiger partial charge in [0.2, 0.25) is 0 Å². The fourth-order valence-electron chi connectivity index (χ4n) is 0.254. The molecule has 0 aromatic rings. The van der Waals surface area contributed by atoms with Crippen molar-refractivity contribution >= 4 is 0 Å². The SMILES string of the molecule is COC(C)[N+](C)(C)[O-]. The molecule has 0 rings (SSSR count). The number of quaternary nitrogens is 1. The van der Waals surface area contributed by atoms with Gasteiger partial charge in [-0.15, -0.1) is 0 Å². The molecule has 0 saturated heterocycles. The van der Waals surface area contributed by atoms with Crippen LogP contribution in [0.3, 0.4) is 0 Å². The summed E-state index contributed by atoms with van der Waals surface area (Å²) in [6.45, 7) is 1.74. The third-order valence-electron chi connectivity index (χ3n) is 1.22. The van der Waals surface area contributed by atoms with Crippen molar-refractivity contribution in [2.24, 2.45) is 0 Å². The smallest absolute Gasteiger partial charge is 0.189 e. The fourth-order valence-corrected chi connectivity index (χ4v) is 0.254. The molecule has 0 aromatic carbocycles. The Morgan fingerprint density at radius 2 is 1.88 bits per heavy atom. The second-order valence-corrected chi connectivity index (χ2v) is 2.27. The molecule has 0 bridgehead atoms. The zero-order valence-electron chi connectivity index (χ0n) is 5.84. The zero-order chi connectivity index (χ0) is 6.78. The van der Waals surface area contributed by atoms with Gasteiger partial charge in [0.25, 0.3) is 0 Å². The van der Waals surface area contributed by atoms with Gasteiger partial charge in [0.15, 0.2) is 6.23 Å². The molecule has 0 aromatic heterocycles. The predicted octanol–water partition coefficient (Wildman–Crippen LogP) is 0.553. The summed E-state index contributed by atoms with van der Waals surface area (Å²) >= 11 is 0. The summed E-state index contributed by atoms with van der Waals surface area (Å²) in [5, 5.41) is 10.8. The van der Waals surface area contributed by atoms with Crippen molar-refractivity contribution in [2.75, 3.05) is 21.2 Å². The molecule has 1 atom stereocenters. The Morgan fingerprint density at radius 3 is 1.88 bits per heavy atom. The lowest BCUT2D eigenvalue weighted by Gasteiger charge is -2.38. The fraction of sp³-hybridized carbons (Fsp3) is 1.00. The van der Waals surface area contributed by atoms with Crippen molar-refractivity contribution in [3.63, 3.8) is 0 Å². The third-order valence-corrected chi connectivity index (χ3v) is 1.22. The van der Waals surface area contributed by atoms with Gasteiger partial charge in [-0.3, -0.25) is 0 Å². The van der Waals surface area contributed by atoms with Gasteiger partial charge < -0.3 is 14.6 Å². The number of nitrogens with zero attached hydrogens (tertiary/aromatic N) is 1. The van der Waals surface area contributed by atoms with Crippen LogP contribution in [0.5, 0.6) is 0 Å². The third kappa shape index (κ3) is 2.26. The zero-order valence-corrected chi connectivity index (χ0v) is 5.84. The standard InChI is InChI=1S/C5H13NO2/c1-5(8-4)6(2,3)7/h5H,1-4H3. The lowest BCUT2D eigenvalue weighted by atomic mass is 10.6. The van der Waals surface area contributed by atoms with E-state index < -0.39 is 4.65 Å². The molecule has 8 heavy (non-hydrogen) atoms. The lowest BCUT2D eigenvalue weighted by Crippen LogP contribution is -2.42. The minimum absolute atomic E-state index is 0.269. The summed E-state index contributed by atoms with van der Waals surface area (Å²) in [5.74, 6) is 0. The summed E-state index contributed by atoms with van der Waals surface area (Å²) < 4.78 is 4.38. The van der Waals surface area contributed by atoms with Gasteiger partial charge in [0.1, 0.15) is 0 Å². The predicted molar refractivity (Wildman–Crippen MR) is 31.9 cm³/mol. The molecule has 0 fully saturated rings. The number of hydroxylamine groups is 3. The Labute approximate surface area is 50.0 Å². The molecule has 0 aliphatic heterocycles. The summed E-state index contributed by atoms with van der Waals surface area (Å²) in [5.41, 5.74) is 0. The van der Waals surface area contributed by atoms with Crippen molar-refractivity contribution < 1.29 is 9.38 Å². The van der Waals surface area contributed by atoms with Gasteiger partial charge in [-0.2, -0.15) is 0 Å². The molecule has 0 amide bonds. The lowest BCUT2D eigenvalue weighted by molar-refractivity contribution is -0.888. The van der Waals surface area contributed by atoms with Crippen molar-refractivity contribution in [2.45, 2.75) is 13.2 Å². The van der Waals surface area contributed by atoms with Crippen molar-refractivity contribution in [1.29, 1.82) is 0 Å². The molecule has 0 saturated carbocycles. The van der Waals surface area contributed by atoms with Crippen molar-refractivity contribution in [3.05, 3.63) is 5.21 Å². The van der Waals surface area contributed by atoms with Crippen LogP contribution in [0.4, 0.5) is 0 Å². The Balaban J connectivity index is 3.62. The van der Waals surface area contributed by atoms with Crippen LogP contribution in [0.25, 0.3) is 0 Å². The van der Waals surface area contributed by atoms with E-state index in [0.717, 1.165) is 0 Å². The largest absolute Gasteiger partial charge is 0.631 e. The normalized spacial score (nSPS) is 16.1. The highest BCUT2D eigenvalue weighted by Crippen LogP contribution is 2.01. The summed E-state index contributed by atoms with van der Waals surface area (Å²) in [6, 6.07) is 0. The first-order chi connectivity index (χ1) is 3.48. The number of hydrogen-bond donors (Lipinski definition) is 0. The molecular formula is C5H13NO2. The first kappa shape index (κ1) is 7.88. The highest BCUT2D eigenvalue weighted by Gasteiger charge is 2.10. The van der Waals surface area contributed by atoms with Crippen LogP contribution in [0.1, 0.15) is 6.92 Å². The van der Waals surface area contributed by atoms with Gasteiger partial charge in [-0.1, -0.05) is 0 Å². The van der Waals surface area contributed by atoms with E-state index >= 15 is 0 Å². The first-order valence-corrected chi connectivity index (χ1v) is 2.56. The second-order valence-electron chi connectivity index (χ2n) is 2.27. The minimum Gasteiger partial charge on any atom is -0.631 e. The molecule has 0 heterocycles. The molecule has 0 spiro atoms. The number of methoxy groups -OCH3 is 1. The molecule has 0 radical (unpaired) electrons. The van der Waals surface area contributed by atoms with Crippen LogP contribution in [-0.2, 0) is 4.74 Å². The van der Waals surface area contributed by atoms with Crippen LogP contribution in [-0.4, -0.2) is 32.1 Å². The number of rotatable bonds is 2. The molecule has 0 N–H and O–H groups in total. The maximum Gasteiger partial charge on any atom is 0.189 e. The Hall–Kier alpha value is -0.120. The average Bonchev–Trinajstić information content (AvgIpc) is 1.62. The average molecular weight is 119 g/mol. The summed E-state index contributed by atoms with van der Waals surface area (Å²) in [7, 11) is 4.63. The highest BCUT2D eigenvalue weighted by molar-refractivity contribution is 4.29. The Bertz CT molecular complexity index is 67.3. The van der Waals surface area contributed by atoms with Gasteiger partial charge in [0, 0.05) is 14.0 Å². The van der Waals surface area contributed by atoms with Crippen molar-refractivity contribution in [3.8, 4) is 0 Å². The monoisotopic (exact) mass is 119 g/mol. The molecule has 50 valence electrons. The topological polar surface area (TPSA) is 32.3 Å². The van der Waals surface area contributed by atoms with Gasteiger partial charge in [0.05, 0.1) is 14.1 Å². The maximum atomic E-state index is 10.8. The van der Waals surface area contributed by atoms with E-state index in [-0.39, 0.29) is 6.23 Å². The molecule has 3 nitrogen and oxygen atoms in total. The van der Waals surface area contributed by atoms with Gasteiger partial charge in [-0.25, -0.2) is 0 Å².